The number of methoxy groups -OCH3 is 1. The van der Waals surface area contributed by atoms with Crippen LogP contribution in [-0.4, -0.2) is 32.9 Å². The number of ether oxygens (including phenoxy) is 2. The Labute approximate surface area is 192 Å². The van der Waals surface area contributed by atoms with Gasteiger partial charge in [-0.2, -0.15) is 0 Å². The zero-order valence-electron chi connectivity index (χ0n) is 19.8. The van der Waals surface area contributed by atoms with E-state index in [-0.39, 0.29) is 5.41 Å². The number of amides is 1. The zero-order valence-corrected chi connectivity index (χ0v) is 19.8. The second-order valence-corrected chi connectivity index (χ2v) is 9.16. The number of anilines is 2. The van der Waals surface area contributed by atoms with Crippen LogP contribution in [0.4, 0.5) is 16.2 Å². The van der Waals surface area contributed by atoms with Crippen molar-refractivity contribution in [1.29, 1.82) is 0 Å². The molecule has 0 aromatic heterocycles. The van der Waals surface area contributed by atoms with E-state index in [0.29, 0.717) is 18.6 Å². The van der Waals surface area contributed by atoms with Crippen molar-refractivity contribution in [2.45, 2.75) is 63.8 Å². The molecule has 2 aromatic rings. The number of hydrogen-bond donors (Lipinski definition) is 1. The molecular formula is C27H36N2O3. The fraction of sp³-hybridized carbons (Fsp3) is 0.519. The molecule has 1 N–H and O–H groups in total. The molecule has 2 aliphatic rings. The fourth-order valence-electron chi connectivity index (χ4n) is 6.15. The van der Waals surface area contributed by atoms with Crippen molar-refractivity contribution in [3.8, 4) is 5.75 Å². The van der Waals surface area contributed by atoms with E-state index in [1.165, 1.54) is 42.5 Å². The van der Waals surface area contributed by atoms with E-state index in [9.17, 15) is 4.79 Å². The third-order valence-electron chi connectivity index (χ3n) is 7.77. The first-order chi connectivity index (χ1) is 15.5. The molecule has 32 heavy (non-hydrogen) atoms. The van der Waals surface area contributed by atoms with Crippen LogP contribution in [0.2, 0.25) is 0 Å². The van der Waals surface area contributed by atoms with Crippen LogP contribution in [0.1, 0.15) is 57.1 Å². The third-order valence-corrected chi connectivity index (χ3v) is 7.77. The summed E-state index contributed by atoms with van der Waals surface area (Å²) in [5, 5.41) is 2.78. The summed E-state index contributed by atoms with van der Waals surface area (Å²) < 4.78 is 10.6. The lowest BCUT2D eigenvalue weighted by Gasteiger charge is -2.54. The number of benzene rings is 2. The Kier molecular flexibility index (Phi) is 6.63. The van der Waals surface area contributed by atoms with Crippen LogP contribution in [0.5, 0.6) is 5.75 Å². The monoisotopic (exact) mass is 436 g/mol. The van der Waals surface area contributed by atoms with Crippen LogP contribution in [0.25, 0.3) is 0 Å². The standard InChI is InChI=1S/C27H36N2O3/c1-5-27-16-8-7-9-23(27)25(17-19-10-15-22(31-4)18-24(19)27)29(3)21-13-11-20(12-14-21)28-26(30)32-6-2/h10-15,18,23,25H,5-9,16-17H2,1-4H3,(H,28,30)/t23-,25+,27-/m1/s1. The van der Waals surface area contributed by atoms with Gasteiger partial charge >= 0.3 is 6.09 Å². The molecule has 2 aromatic carbocycles. The van der Waals surface area contributed by atoms with Gasteiger partial charge in [0.1, 0.15) is 5.75 Å². The number of carbonyl (C=O) groups is 1. The normalized spacial score (nSPS) is 24.1. The molecular weight excluding hydrogens is 400 g/mol. The SMILES string of the molecule is CCOC(=O)Nc1ccc(N(C)[C@H]2Cc3ccc(OC)cc3[C@]3(CC)CCCC[C@H]23)cc1. The maximum Gasteiger partial charge on any atom is 0.411 e. The van der Waals surface area contributed by atoms with Gasteiger partial charge < -0.3 is 14.4 Å². The average Bonchev–Trinajstić information content (AvgIpc) is 2.83. The Morgan fingerprint density at radius 2 is 1.94 bits per heavy atom. The molecule has 3 atom stereocenters. The van der Waals surface area contributed by atoms with Crippen molar-refractivity contribution in [2.75, 3.05) is 31.0 Å². The number of nitrogens with zero attached hydrogens (tertiary/aromatic N) is 1. The zero-order chi connectivity index (χ0) is 22.7. The molecule has 1 amide bonds. The lowest BCUT2D eigenvalue weighted by Crippen LogP contribution is -2.54. The highest BCUT2D eigenvalue weighted by Gasteiger charge is 2.49. The first-order valence-corrected chi connectivity index (χ1v) is 12.0. The largest absolute Gasteiger partial charge is 0.497 e. The second kappa shape index (κ2) is 9.43. The molecule has 5 heteroatoms. The summed E-state index contributed by atoms with van der Waals surface area (Å²) in [7, 11) is 3.99. The Morgan fingerprint density at radius 1 is 1.16 bits per heavy atom. The van der Waals surface area contributed by atoms with Gasteiger partial charge in [-0.1, -0.05) is 25.8 Å². The Balaban J connectivity index is 1.63. The minimum Gasteiger partial charge on any atom is -0.497 e. The summed E-state index contributed by atoms with van der Waals surface area (Å²) in [5.74, 6) is 1.58. The molecule has 4 rings (SSSR count). The van der Waals surface area contributed by atoms with Gasteiger partial charge in [0.15, 0.2) is 0 Å². The van der Waals surface area contributed by atoms with Gasteiger partial charge in [-0.3, -0.25) is 5.32 Å². The minimum atomic E-state index is -0.414. The lowest BCUT2D eigenvalue weighted by molar-refractivity contribution is 0.131. The number of nitrogens with one attached hydrogen (secondary N) is 1. The first-order valence-electron chi connectivity index (χ1n) is 12.0. The van der Waals surface area contributed by atoms with Crippen molar-refractivity contribution >= 4 is 17.5 Å². The maximum atomic E-state index is 11.7. The van der Waals surface area contributed by atoms with Crippen LogP contribution in [0.15, 0.2) is 42.5 Å². The lowest BCUT2D eigenvalue weighted by atomic mass is 9.54. The predicted molar refractivity (Wildman–Crippen MR) is 130 cm³/mol. The second-order valence-electron chi connectivity index (χ2n) is 9.16. The van der Waals surface area contributed by atoms with Gasteiger partial charge in [0, 0.05) is 29.9 Å². The molecule has 0 radical (unpaired) electrons. The van der Waals surface area contributed by atoms with Crippen molar-refractivity contribution in [1.82, 2.24) is 0 Å². The van der Waals surface area contributed by atoms with Crippen molar-refractivity contribution in [3.05, 3.63) is 53.6 Å². The first kappa shape index (κ1) is 22.5. The molecule has 5 nitrogen and oxygen atoms in total. The van der Waals surface area contributed by atoms with Gasteiger partial charge in [0.25, 0.3) is 0 Å². The van der Waals surface area contributed by atoms with E-state index in [4.69, 9.17) is 9.47 Å². The molecule has 1 fully saturated rings. The highest BCUT2D eigenvalue weighted by molar-refractivity contribution is 5.84. The molecule has 0 bridgehead atoms. The maximum absolute atomic E-state index is 11.7. The highest BCUT2D eigenvalue weighted by Crippen LogP contribution is 2.54. The number of likely N-dealkylation sites (N-methyl/N-ethyl adjacent to an activating group) is 1. The summed E-state index contributed by atoms with van der Waals surface area (Å²) in [6.07, 6.45) is 6.91. The smallest absolute Gasteiger partial charge is 0.411 e. The van der Waals surface area contributed by atoms with E-state index in [2.05, 4.69) is 54.5 Å². The summed E-state index contributed by atoms with van der Waals surface area (Å²) in [6, 6.07) is 15.3. The van der Waals surface area contributed by atoms with Crippen LogP contribution in [0.3, 0.4) is 0 Å². The molecule has 0 aliphatic heterocycles. The highest BCUT2D eigenvalue weighted by atomic mass is 16.5. The van der Waals surface area contributed by atoms with Gasteiger partial charge in [-0.05, 0) is 86.1 Å². The van der Waals surface area contributed by atoms with Crippen molar-refractivity contribution in [2.24, 2.45) is 5.92 Å². The molecule has 1 saturated carbocycles. The summed E-state index contributed by atoms with van der Waals surface area (Å²) >= 11 is 0. The van der Waals surface area contributed by atoms with Gasteiger partial charge in [0.2, 0.25) is 0 Å². The van der Waals surface area contributed by atoms with Gasteiger partial charge in [-0.25, -0.2) is 4.79 Å². The van der Waals surface area contributed by atoms with Gasteiger partial charge in [0.05, 0.1) is 13.7 Å². The summed E-state index contributed by atoms with van der Waals surface area (Å²) in [4.78, 5) is 14.2. The molecule has 0 saturated heterocycles. The van der Waals surface area contributed by atoms with Gasteiger partial charge in [-0.15, -0.1) is 0 Å². The van der Waals surface area contributed by atoms with E-state index in [0.717, 1.165) is 24.3 Å². The molecule has 2 aliphatic carbocycles. The van der Waals surface area contributed by atoms with E-state index in [1.54, 1.807) is 14.0 Å². The molecule has 172 valence electrons. The van der Waals surface area contributed by atoms with E-state index < -0.39 is 6.09 Å². The average molecular weight is 437 g/mol. The Bertz CT molecular complexity index is 942. The van der Waals surface area contributed by atoms with E-state index in [1.807, 2.05) is 12.1 Å². The quantitative estimate of drug-likeness (QED) is 0.589. The number of hydrogen-bond acceptors (Lipinski definition) is 4. The van der Waals surface area contributed by atoms with Crippen molar-refractivity contribution in [3.63, 3.8) is 0 Å². The number of rotatable bonds is 6. The van der Waals surface area contributed by atoms with Crippen LogP contribution in [0, 0.1) is 5.92 Å². The molecule has 0 heterocycles. The molecule has 0 unspecified atom stereocenters. The van der Waals surface area contributed by atoms with E-state index >= 15 is 0 Å². The number of carbonyl (C=O) groups excluding carboxylic acids is 1. The van der Waals surface area contributed by atoms with Crippen LogP contribution >= 0.6 is 0 Å². The van der Waals surface area contributed by atoms with Crippen LogP contribution < -0.4 is 15.0 Å². The molecule has 0 spiro atoms. The third kappa shape index (κ3) is 4.05. The Morgan fingerprint density at radius 3 is 2.62 bits per heavy atom. The topological polar surface area (TPSA) is 50.8 Å². The fourth-order valence-corrected chi connectivity index (χ4v) is 6.15. The predicted octanol–water partition coefficient (Wildman–Crippen LogP) is 6.16. The summed E-state index contributed by atoms with van der Waals surface area (Å²) in [5.41, 5.74) is 5.12. The number of fused-ring (bicyclic) bond motifs is 3. The van der Waals surface area contributed by atoms with Crippen LogP contribution in [-0.2, 0) is 16.6 Å². The summed E-state index contributed by atoms with van der Waals surface area (Å²) in [6.45, 7) is 4.53. The minimum absolute atomic E-state index is 0.213. The van der Waals surface area contributed by atoms with Crippen molar-refractivity contribution < 1.29 is 14.3 Å². The Hall–Kier alpha value is -2.69.